The first-order valence-corrected chi connectivity index (χ1v) is 15.3. The molecule has 230 valence electrons. The van der Waals surface area contributed by atoms with E-state index >= 15 is 0 Å². The lowest BCUT2D eigenvalue weighted by atomic mass is 10.1. The molecule has 0 rings (SSSR count). The number of quaternary nitrogens is 2. The van der Waals surface area contributed by atoms with Gasteiger partial charge in [0, 0.05) is 13.1 Å². The molecule has 0 aliphatic heterocycles. The van der Waals surface area contributed by atoms with Crippen LogP contribution in [-0.2, 0) is 9.59 Å². The van der Waals surface area contributed by atoms with E-state index in [-0.39, 0.29) is 45.8 Å². The van der Waals surface area contributed by atoms with Crippen LogP contribution in [0.5, 0.6) is 0 Å². The van der Waals surface area contributed by atoms with Crippen molar-refractivity contribution in [3.05, 3.63) is 0 Å². The Bertz CT molecular complexity index is 512. The lowest BCUT2D eigenvalue weighted by Gasteiger charge is -2.29. The van der Waals surface area contributed by atoms with Gasteiger partial charge in [0.15, 0.2) is 13.1 Å². The van der Waals surface area contributed by atoms with Crippen LogP contribution in [-0.4, -0.2) is 88.2 Å². The lowest BCUT2D eigenvalue weighted by molar-refractivity contribution is -0.882. The molecule has 0 saturated carbocycles. The minimum Gasteiger partial charge on any atom is -1.00 e. The molecule has 0 atom stereocenters. The second-order valence-corrected chi connectivity index (χ2v) is 12.3. The number of rotatable bonds is 25. The highest BCUT2D eigenvalue weighted by atomic mass is 79.9. The Labute approximate surface area is 258 Å². The van der Waals surface area contributed by atoms with Crippen molar-refractivity contribution in [1.29, 1.82) is 0 Å². The van der Waals surface area contributed by atoms with Gasteiger partial charge in [0.25, 0.3) is 11.8 Å². The van der Waals surface area contributed by atoms with Crippen molar-refractivity contribution < 1.29 is 52.5 Å². The van der Waals surface area contributed by atoms with E-state index in [0.717, 1.165) is 48.0 Å². The van der Waals surface area contributed by atoms with Gasteiger partial charge in [-0.15, -0.1) is 0 Å². The highest BCUT2D eigenvalue weighted by molar-refractivity contribution is 5.77. The molecule has 2 amide bonds. The van der Waals surface area contributed by atoms with Crippen LogP contribution < -0.4 is 44.6 Å². The summed E-state index contributed by atoms with van der Waals surface area (Å²) in [6.07, 6.45) is 19.7. The summed E-state index contributed by atoms with van der Waals surface area (Å²) in [4.78, 5) is 24.4. The summed E-state index contributed by atoms with van der Waals surface area (Å²) in [5.74, 6) is 0.391. The highest BCUT2D eigenvalue weighted by Crippen LogP contribution is 2.12. The third-order valence-corrected chi connectivity index (χ3v) is 7.13. The zero-order valence-electron chi connectivity index (χ0n) is 26.0. The van der Waals surface area contributed by atoms with Crippen LogP contribution >= 0.6 is 0 Å². The number of carbonyl (C=O) groups excluding carboxylic acids is 2. The molecule has 0 bridgehead atoms. The van der Waals surface area contributed by atoms with E-state index in [1.54, 1.807) is 0 Å². The van der Waals surface area contributed by atoms with E-state index in [1.807, 2.05) is 0 Å². The van der Waals surface area contributed by atoms with E-state index in [0.29, 0.717) is 13.1 Å². The summed E-state index contributed by atoms with van der Waals surface area (Å²) in [6, 6.07) is 0. The summed E-state index contributed by atoms with van der Waals surface area (Å²) in [5, 5.41) is 6.18. The van der Waals surface area contributed by atoms with Crippen LogP contribution in [0.1, 0.15) is 117 Å². The highest BCUT2D eigenvalue weighted by Gasteiger charge is 2.20. The minimum absolute atomic E-state index is 0. The lowest BCUT2D eigenvalue weighted by Crippen LogP contribution is -3.00. The number of hydrogen-bond donors (Lipinski definition) is 2. The maximum Gasteiger partial charge on any atom is 0.275 e. The molecule has 38 heavy (non-hydrogen) atoms. The third kappa shape index (κ3) is 28.8. The summed E-state index contributed by atoms with van der Waals surface area (Å²) >= 11 is 0. The number of amides is 2. The largest absolute Gasteiger partial charge is 1.00 e. The molecule has 0 aromatic heterocycles. The van der Waals surface area contributed by atoms with Crippen molar-refractivity contribution in [2.24, 2.45) is 0 Å². The molecule has 0 aromatic rings. The molecule has 6 nitrogen and oxygen atoms in total. The standard InChI is InChI=1S/C30H62N4O2.2BrH/c1-7-9-11-19-23-31-29(35)27-33(3,4)25-21-17-15-13-14-16-18-22-26-34(5,6)28-30(36)32-24-20-12-10-8-2;;/h7-28H2,1-6H3;2*1H. The molecule has 0 fully saturated rings. The van der Waals surface area contributed by atoms with E-state index in [4.69, 9.17) is 0 Å². The first-order valence-electron chi connectivity index (χ1n) is 15.3. The zero-order valence-corrected chi connectivity index (χ0v) is 29.2. The Kier molecular flexibility index (Phi) is 30.1. The quantitative estimate of drug-likeness (QED) is 0.103. The summed E-state index contributed by atoms with van der Waals surface area (Å²) in [6.45, 7) is 9.38. The van der Waals surface area contributed by atoms with Gasteiger partial charge in [-0.25, -0.2) is 0 Å². The topological polar surface area (TPSA) is 58.2 Å². The maximum absolute atomic E-state index is 12.2. The van der Waals surface area contributed by atoms with Crippen LogP contribution in [0.3, 0.4) is 0 Å². The number of nitrogens with zero attached hydrogens (tertiary/aromatic N) is 2. The average molecular weight is 673 g/mol. The average Bonchev–Trinajstić information content (AvgIpc) is 2.79. The summed E-state index contributed by atoms with van der Waals surface area (Å²) in [7, 11) is 8.70. The number of nitrogens with one attached hydrogen (secondary N) is 2. The number of halogens is 2. The molecular weight excluding hydrogens is 608 g/mol. The van der Waals surface area contributed by atoms with Gasteiger partial charge in [0.2, 0.25) is 0 Å². The predicted molar refractivity (Wildman–Crippen MR) is 155 cm³/mol. The molecule has 0 aliphatic carbocycles. The van der Waals surface area contributed by atoms with Gasteiger partial charge >= 0.3 is 0 Å². The van der Waals surface area contributed by atoms with Gasteiger partial charge in [-0.05, 0) is 38.5 Å². The van der Waals surface area contributed by atoms with Gasteiger partial charge in [0.1, 0.15) is 0 Å². The Morgan fingerprint density at radius 1 is 0.474 bits per heavy atom. The molecule has 0 saturated heterocycles. The second kappa shape index (κ2) is 27.0. The third-order valence-electron chi connectivity index (χ3n) is 7.13. The van der Waals surface area contributed by atoms with E-state index < -0.39 is 0 Å². The van der Waals surface area contributed by atoms with Crippen LogP contribution in [0.2, 0.25) is 0 Å². The SMILES string of the molecule is CCCCCCNC(=O)C[N+](C)(C)CCCCCCCCCC[N+](C)(C)CC(=O)NCCCCCC.[Br-].[Br-]. The summed E-state index contributed by atoms with van der Waals surface area (Å²) in [5.41, 5.74) is 0. The van der Waals surface area contributed by atoms with Crippen LogP contribution in [0.4, 0.5) is 0 Å². The van der Waals surface area contributed by atoms with Crippen molar-refractivity contribution in [2.75, 3.05) is 67.5 Å². The fraction of sp³-hybridized carbons (Fsp3) is 0.933. The first kappa shape index (κ1) is 42.3. The van der Waals surface area contributed by atoms with Gasteiger partial charge in [-0.3, -0.25) is 9.59 Å². The molecule has 0 aromatic carbocycles. The predicted octanol–water partition coefficient (Wildman–Crippen LogP) is -0.339. The number of carbonyl (C=O) groups is 2. The van der Waals surface area contributed by atoms with Crippen LogP contribution in [0.25, 0.3) is 0 Å². The van der Waals surface area contributed by atoms with Crippen molar-refractivity contribution in [3.8, 4) is 0 Å². The Morgan fingerprint density at radius 3 is 1.08 bits per heavy atom. The molecule has 2 N–H and O–H groups in total. The smallest absolute Gasteiger partial charge is 0.275 e. The first-order chi connectivity index (χ1) is 17.1. The molecule has 0 spiro atoms. The molecule has 0 radical (unpaired) electrons. The zero-order chi connectivity index (χ0) is 27.1. The fourth-order valence-electron chi connectivity index (χ4n) is 4.75. The Balaban J connectivity index is -0.00000612. The van der Waals surface area contributed by atoms with Crippen molar-refractivity contribution >= 4 is 11.8 Å². The van der Waals surface area contributed by atoms with Gasteiger partial charge < -0.3 is 53.6 Å². The second-order valence-electron chi connectivity index (χ2n) is 12.3. The van der Waals surface area contributed by atoms with E-state index in [9.17, 15) is 9.59 Å². The molecule has 0 heterocycles. The van der Waals surface area contributed by atoms with Gasteiger partial charge in [-0.2, -0.15) is 0 Å². The molecule has 8 heteroatoms. The maximum atomic E-state index is 12.2. The molecule has 0 aliphatic rings. The van der Waals surface area contributed by atoms with Crippen LogP contribution in [0.15, 0.2) is 0 Å². The Hall–Kier alpha value is -0.180. The molecule has 0 unspecified atom stereocenters. The number of unbranched alkanes of at least 4 members (excludes halogenated alkanes) is 13. The van der Waals surface area contributed by atoms with Crippen LogP contribution in [0, 0.1) is 0 Å². The number of likely N-dealkylation sites (N-methyl/N-ethyl adjacent to an activating group) is 2. The molecular formula is C30H64Br2N4O2. The van der Waals surface area contributed by atoms with E-state index in [1.165, 1.54) is 89.9 Å². The monoisotopic (exact) mass is 670 g/mol. The summed E-state index contributed by atoms with van der Waals surface area (Å²) < 4.78 is 1.57. The van der Waals surface area contributed by atoms with E-state index in [2.05, 4.69) is 52.7 Å². The minimum atomic E-state index is 0. The number of hydrogen-bond acceptors (Lipinski definition) is 2. The van der Waals surface area contributed by atoms with Gasteiger partial charge in [-0.1, -0.05) is 78.1 Å². The van der Waals surface area contributed by atoms with Gasteiger partial charge in [0.05, 0.1) is 41.3 Å². The van der Waals surface area contributed by atoms with Crippen molar-refractivity contribution in [1.82, 2.24) is 10.6 Å². The fourth-order valence-corrected chi connectivity index (χ4v) is 4.75. The van der Waals surface area contributed by atoms with Crippen molar-refractivity contribution in [3.63, 3.8) is 0 Å². The van der Waals surface area contributed by atoms with Crippen molar-refractivity contribution in [2.45, 2.75) is 117 Å². The Morgan fingerprint density at radius 2 is 0.763 bits per heavy atom. The normalized spacial score (nSPS) is 11.4.